The van der Waals surface area contributed by atoms with Crippen LogP contribution in [0, 0.1) is 6.92 Å². The first kappa shape index (κ1) is 15.9. The summed E-state index contributed by atoms with van der Waals surface area (Å²) in [7, 11) is 0. The van der Waals surface area contributed by atoms with Crippen molar-refractivity contribution in [1.29, 1.82) is 0 Å². The second-order valence-electron chi connectivity index (χ2n) is 4.86. The average molecular weight is 364 g/mol. The smallest absolute Gasteiger partial charge is 0.257 e. The SMILES string of the molecule is Cc1cccc(C(=O)Nc2nnc(-c3ccc(Cl)cc3Cl)s2)c1. The molecule has 23 heavy (non-hydrogen) atoms. The molecule has 0 bridgehead atoms. The minimum Gasteiger partial charge on any atom is -0.296 e. The number of carbonyl (C=O) groups is 1. The van der Waals surface area contributed by atoms with E-state index in [1.54, 1.807) is 24.3 Å². The Hall–Kier alpha value is -1.95. The van der Waals surface area contributed by atoms with Crippen LogP contribution >= 0.6 is 34.5 Å². The van der Waals surface area contributed by atoms with Crippen LogP contribution in [0.25, 0.3) is 10.6 Å². The highest BCUT2D eigenvalue weighted by Crippen LogP contribution is 2.33. The van der Waals surface area contributed by atoms with Gasteiger partial charge in [-0.25, -0.2) is 0 Å². The van der Waals surface area contributed by atoms with E-state index >= 15 is 0 Å². The molecule has 0 saturated carbocycles. The van der Waals surface area contributed by atoms with Crippen LogP contribution in [0.1, 0.15) is 15.9 Å². The van der Waals surface area contributed by atoms with Crippen molar-refractivity contribution in [3.05, 3.63) is 63.6 Å². The summed E-state index contributed by atoms with van der Waals surface area (Å²) in [5, 5.41) is 12.9. The number of aromatic nitrogens is 2. The summed E-state index contributed by atoms with van der Waals surface area (Å²) in [4.78, 5) is 12.2. The molecule has 2 aromatic carbocycles. The van der Waals surface area contributed by atoms with Crippen molar-refractivity contribution >= 4 is 45.6 Å². The summed E-state index contributed by atoms with van der Waals surface area (Å²) < 4.78 is 0. The van der Waals surface area contributed by atoms with Gasteiger partial charge >= 0.3 is 0 Å². The molecule has 0 spiro atoms. The highest BCUT2D eigenvalue weighted by atomic mass is 35.5. The maximum absolute atomic E-state index is 12.2. The molecule has 3 aromatic rings. The van der Waals surface area contributed by atoms with Crippen molar-refractivity contribution in [3.8, 4) is 10.6 Å². The van der Waals surface area contributed by atoms with Gasteiger partial charge < -0.3 is 0 Å². The first-order valence-corrected chi connectivity index (χ1v) is 8.27. The first-order valence-electron chi connectivity index (χ1n) is 6.70. The van der Waals surface area contributed by atoms with Crippen LogP contribution in [0.2, 0.25) is 10.0 Å². The number of nitrogens with zero attached hydrogens (tertiary/aromatic N) is 2. The van der Waals surface area contributed by atoms with Gasteiger partial charge in [-0.3, -0.25) is 10.1 Å². The monoisotopic (exact) mass is 363 g/mol. The molecule has 0 aliphatic heterocycles. The van der Waals surface area contributed by atoms with Crippen molar-refractivity contribution in [2.45, 2.75) is 6.92 Å². The van der Waals surface area contributed by atoms with Gasteiger partial charge in [0, 0.05) is 16.1 Å². The molecule has 0 unspecified atom stereocenters. The summed E-state index contributed by atoms with van der Waals surface area (Å²) in [6.07, 6.45) is 0. The van der Waals surface area contributed by atoms with E-state index in [0.29, 0.717) is 25.7 Å². The minimum absolute atomic E-state index is 0.224. The minimum atomic E-state index is -0.224. The molecule has 1 aromatic heterocycles. The normalized spacial score (nSPS) is 10.6. The van der Waals surface area contributed by atoms with Gasteiger partial charge in [0.2, 0.25) is 5.13 Å². The molecule has 3 rings (SSSR count). The predicted octanol–water partition coefficient (Wildman–Crippen LogP) is 5.07. The lowest BCUT2D eigenvalue weighted by atomic mass is 10.1. The predicted molar refractivity (Wildman–Crippen MR) is 94.5 cm³/mol. The van der Waals surface area contributed by atoms with Crippen LogP contribution in [-0.2, 0) is 0 Å². The second-order valence-corrected chi connectivity index (χ2v) is 6.68. The fourth-order valence-electron chi connectivity index (χ4n) is 2.00. The van der Waals surface area contributed by atoms with Crippen LogP contribution in [0.5, 0.6) is 0 Å². The quantitative estimate of drug-likeness (QED) is 0.706. The van der Waals surface area contributed by atoms with E-state index < -0.39 is 0 Å². The van der Waals surface area contributed by atoms with Gasteiger partial charge in [-0.15, -0.1) is 10.2 Å². The molecule has 0 aliphatic carbocycles. The Labute approximate surface area is 147 Å². The number of carbonyl (C=O) groups excluding carboxylic acids is 1. The molecule has 7 heteroatoms. The molecule has 0 saturated heterocycles. The molecular formula is C16H11Cl2N3OS. The van der Waals surface area contributed by atoms with E-state index in [0.717, 1.165) is 11.1 Å². The molecular weight excluding hydrogens is 353 g/mol. The highest BCUT2D eigenvalue weighted by Gasteiger charge is 2.13. The van der Waals surface area contributed by atoms with Gasteiger partial charge in [0.15, 0.2) is 5.01 Å². The summed E-state index contributed by atoms with van der Waals surface area (Å²) in [6, 6.07) is 12.5. The number of aryl methyl sites for hydroxylation is 1. The zero-order chi connectivity index (χ0) is 16.4. The molecule has 0 radical (unpaired) electrons. The number of rotatable bonds is 3. The van der Waals surface area contributed by atoms with Crippen molar-refractivity contribution in [3.63, 3.8) is 0 Å². The number of amides is 1. The second kappa shape index (κ2) is 6.66. The molecule has 4 nitrogen and oxygen atoms in total. The van der Waals surface area contributed by atoms with E-state index in [4.69, 9.17) is 23.2 Å². The van der Waals surface area contributed by atoms with Gasteiger partial charge in [-0.2, -0.15) is 0 Å². The number of hydrogen-bond donors (Lipinski definition) is 1. The number of halogens is 2. The van der Waals surface area contributed by atoms with Crippen LogP contribution in [0.15, 0.2) is 42.5 Å². The molecule has 0 atom stereocenters. The van der Waals surface area contributed by atoms with E-state index in [1.165, 1.54) is 11.3 Å². The molecule has 1 N–H and O–H groups in total. The maximum atomic E-state index is 12.2. The van der Waals surface area contributed by atoms with Crippen LogP contribution < -0.4 is 5.32 Å². The Balaban J connectivity index is 1.81. The Kier molecular flexibility index (Phi) is 4.61. The van der Waals surface area contributed by atoms with Crippen LogP contribution in [-0.4, -0.2) is 16.1 Å². The van der Waals surface area contributed by atoms with Gasteiger partial charge in [0.05, 0.1) is 5.02 Å². The van der Waals surface area contributed by atoms with Gasteiger partial charge in [-0.1, -0.05) is 52.2 Å². The summed E-state index contributed by atoms with van der Waals surface area (Å²) in [5.41, 5.74) is 2.32. The zero-order valence-electron chi connectivity index (χ0n) is 12.0. The van der Waals surface area contributed by atoms with E-state index in [-0.39, 0.29) is 5.91 Å². The molecule has 1 heterocycles. The molecule has 0 aliphatic rings. The average Bonchev–Trinajstić information content (AvgIpc) is 2.95. The Morgan fingerprint density at radius 2 is 1.96 bits per heavy atom. The van der Waals surface area contributed by atoms with Crippen LogP contribution in [0.4, 0.5) is 5.13 Å². The lowest BCUT2D eigenvalue weighted by Crippen LogP contribution is -2.11. The highest BCUT2D eigenvalue weighted by molar-refractivity contribution is 7.18. The molecule has 116 valence electrons. The summed E-state index contributed by atoms with van der Waals surface area (Å²) in [6.45, 7) is 1.93. The fraction of sp³-hybridized carbons (Fsp3) is 0.0625. The van der Waals surface area contributed by atoms with Gasteiger partial charge in [0.25, 0.3) is 5.91 Å². The number of nitrogens with one attached hydrogen (secondary N) is 1. The Morgan fingerprint density at radius 3 is 2.70 bits per heavy atom. The van der Waals surface area contributed by atoms with Crippen molar-refractivity contribution in [2.24, 2.45) is 0 Å². The number of hydrogen-bond acceptors (Lipinski definition) is 4. The third kappa shape index (κ3) is 3.69. The summed E-state index contributed by atoms with van der Waals surface area (Å²) >= 11 is 13.3. The van der Waals surface area contributed by atoms with Crippen molar-refractivity contribution in [1.82, 2.24) is 10.2 Å². The zero-order valence-corrected chi connectivity index (χ0v) is 14.3. The van der Waals surface area contributed by atoms with E-state index in [2.05, 4.69) is 15.5 Å². The van der Waals surface area contributed by atoms with Gasteiger partial charge in [0.1, 0.15) is 0 Å². The Morgan fingerprint density at radius 1 is 1.13 bits per heavy atom. The van der Waals surface area contributed by atoms with E-state index in [9.17, 15) is 4.79 Å². The lowest BCUT2D eigenvalue weighted by molar-refractivity contribution is 0.102. The topological polar surface area (TPSA) is 54.9 Å². The summed E-state index contributed by atoms with van der Waals surface area (Å²) in [5.74, 6) is -0.224. The lowest BCUT2D eigenvalue weighted by Gasteiger charge is -2.02. The third-order valence-corrected chi connectivity index (χ3v) is 4.51. The van der Waals surface area contributed by atoms with E-state index in [1.807, 2.05) is 25.1 Å². The van der Waals surface area contributed by atoms with Crippen molar-refractivity contribution in [2.75, 3.05) is 5.32 Å². The Bertz CT molecular complexity index is 879. The largest absolute Gasteiger partial charge is 0.296 e. The standard InChI is InChI=1S/C16H11Cl2N3OS/c1-9-3-2-4-10(7-9)14(22)19-16-21-20-15(23-16)12-6-5-11(17)8-13(12)18/h2-8H,1H3,(H,19,21,22). The number of anilines is 1. The van der Waals surface area contributed by atoms with Crippen molar-refractivity contribution < 1.29 is 4.79 Å². The number of benzene rings is 2. The van der Waals surface area contributed by atoms with Crippen LogP contribution in [0.3, 0.4) is 0 Å². The third-order valence-electron chi connectivity index (χ3n) is 3.09. The maximum Gasteiger partial charge on any atom is 0.257 e. The fourth-order valence-corrected chi connectivity index (χ4v) is 3.33. The van der Waals surface area contributed by atoms with Gasteiger partial charge in [-0.05, 0) is 37.3 Å². The molecule has 1 amide bonds. The molecule has 0 fully saturated rings. The first-order chi connectivity index (χ1) is 11.0.